The van der Waals surface area contributed by atoms with Crippen molar-refractivity contribution in [1.29, 1.82) is 0 Å². The normalized spacial score (nSPS) is 33.6. The maximum Gasteiger partial charge on any atom is 0.0914 e. The highest BCUT2D eigenvalue weighted by Crippen LogP contribution is 2.20. The fraction of sp³-hybridized carbons (Fsp3) is 0.667. The van der Waals surface area contributed by atoms with Gasteiger partial charge in [-0.1, -0.05) is 23.3 Å². The molecule has 2 aliphatic heterocycles. The largest absolute Gasteiger partial charge is 0.372 e. The van der Waals surface area contributed by atoms with Crippen molar-refractivity contribution in [1.82, 2.24) is 5.32 Å². The molecule has 0 aliphatic carbocycles. The fourth-order valence-corrected chi connectivity index (χ4v) is 2.12. The molecule has 0 bridgehead atoms. The van der Waals surface area contributed by atoms with Gasteiger partial charge in [0.2, 0.25) is 0 Å². The van der Waals surface area contributed by atoms with Gasteiger partial charge in [0.25, 0.3) is 0 Å². The van der Waals surface area contributed by atoms with Crippen molar-refractivity contribution in [2.45, 2.75) is 38.8 Å². The van der Waals surface area contributed by atoms with E-state index in [0.717, 1.165) is 26.0 Å². The van der Waals surface area contributed by atoms with Gasteiger partial charge in [-0.2, -0.15) is 0 Å². The van der Waals surface area contributed by atoms with Crippen LogP contribution in [0.2, 0.25) is 0 Å². The predicted molar refractivity (Wildman–Crippen MR) is 58.3 cm³/mol. The van der Waals surface area contributed by atoms with Crippen molar-refractivity contribution < 1.29 is 4.74 Å². The molecule has 2 nitrogen and oxygen atoms in total. The average molecular weight is 193 g/mol. The minimum absolute atomic E-state index is 0.285. The fourth-order valence-electron chi connectivity index (χ4n) is 2.12. The first-order chi connectivity index (χ1) is 6.75. The number of rotatable bonds is 1. The second kappa shape index (κ2) is 4.28. The number of nitrogens with one attached hydrogen (secondary N) is 1. The molecule has 0 aromatic rings. The smallest absolute Gasteiger partial charge is 0.0914 e. The standard InChI is InChI=1S/C12H19NO/c1-9-3-5-13-11(7-9)12-8-10(2)4-6-14-12/h3,8,11-13H,4-7H2,1-2H3. The van der Waals surface area contributed by atoms with Gasteiger partial charge < -0.3 is 10.1 Å². The van der Waals surface area contributed by atoms with Crippen LogP contribution in [-0.2, 0) is 4.74 Å². The number of hydrogen-bond acceptors (Lipinski definition) is 2. The highest BCUT2D eigenvalue weighted by atomic mass is 16.5. The summed E-state index contributed by atoms with van der Waals surface area (Å²) in [6.45, 7) is 6.27. The Balaban J connectivity index is 2.01. The van der Waals surface area contributed by atoms with Crippen LogP contribution < -0.4 is 5.32 Å². The molecule has 0 saturated heterocycles. The van der Waals surface area contributed by atoms with E-state index >= 15 is 0 Å². The van der Waals surface area contributed by atoms with Crippen LogP contribution in [0.4, 0.5) is 0 Å². The molecule has 0 aromatic carbocycles. The Hall–Kier alpha value is -0.600. The molecule has 2 unspecified atom stereocenters. The van der Waals surface area contributed by atoms with Crippen molar-refractivity contribution in [2.75, 3.05) is 13.2 Å². The minimum Gasteiger partial charge on any atom is -0.372 e. The molecule has 2 atom stereocenters. The summed E-state index contributed by atoms with van der Waals surface area (Å²) in [5.41, 5.74) is 2.95. The third-order valence-corrected chi connectivity index (χ3v) is 3.02. The van der Waals surface area contributed by atoms with Crippen LogP contribution in [0.3, 0.4) is 0 Å². The summed E-state index contributed by atoms with van der Waals surface area (Å²) in [7, 11) is 0. The lowest BCUT2D eigenvalue weighted by molar-refractivity contribution is 0.0500. The second-order valence-electron chi connectivity index (χ2n) is 4.37. The first kappa shape index (κ1) is 9.94. The summed E-state index contributed by atoms with van der Waals surface area (Å²) < 4.78 is 5.77. The van der Waals surface area contributed by atoms with Crippen LogP contribution in [0.25, 0.3) is 0 Å². The van der Waals surface area contributed by atoms with Crippen LogP contribution in [0, 0.1) is 0 Å². The zero-order valence-electron chi connectivity index (χ0n) is 9.05. The van der Waals surface area contributed by atoms with E-state index in [1.165, 1.54) is 11.1 Å². The Morgan fingerprint density at radius 3 is 2.93 bits per heavy atom. The zero-order chi connectivity index (χ0) is 9.97. The van der Waals surface area contributed by atoms with Crippen molar-refractivity contribution in [2.24, 2.45) is 0 Å². The molecule has 2 heteroatoms. The molecule has 0 spiro atoms. The Kier molecular flexibility index (Phi) is 3.04. The molecule has 2 heterocycles. The first-order valence-electron chi connectivity index (χ1n) is 5.43. The van der Waals surface area contributed by atoms with E-state index in [2.05, 4.69) is 31.3 Å². The van der Waals surface area contributed by atoms with Gasteiger partial charge in [0, 0.05) is 12.6 Å². The summed E-state index contributed by atoms with van der Waals surface area (Å²) >= 11 is 0. The number of ether oxygens (including phenoxy) is 1. The predicted octanol–water partition coefficient (Wildman–Crippen LogP) is 2.03. The summed E-state index contributed by atoms with van der Waals surface area (Å²) in [6, 6.07) is 0.482. The van der Waals surface area contributed by atoms with Crippen molar-refractivity contribution in [3.05, 3.63) is 23.3 Å². The lowest BCUT2D eigenvalue weighted by Gasteiger charge is -2.31. The van der Waals surface area contributed by atoms with E-state index in [0.29, 0.717) is 6.04 Å². The van der Waals surface area contributed by atoms with Gasteiger partial charge in [0.1, 0.15) is 0 Å². The van der Waals surface area contributed by atoms with Crippen LogP contribution in [0.1, 0.15) is 26.7 Å². The summed E-state index contributed by atoms with van der Waals surface area (Å²) in [5.74, 6) is 0. The lowest BCUT2D eigenvalue weighted by atomic mass is 9.96. The minimum atomic E-state index is 0.285. The highest BCUT2D eigenvalue weighted by molar-refractivity contribution is 5.14. The molecule has 0 saturated carbocycles. The SMILES string of the molecule is CC1=CC(C2CC(C)=CCN2)OCC1. The molecule has 1 N–H and O–H groups in total. The van der Waals surface area contributed by atoms with Crippen LogP contribution in [0.15, 0.2) is 23.3 Å². The maximum absolute atomic E-state index is 5.77. The van der Waals surface area contributed by atoms with Crippen molar-refractivity contribution in [3.63, 3.8) is 0 Å². The van der Waals surface area contributed by atoms with Gasteiger partial charge >= 0.3 is 0 Å². The van der Waals surface area contributed by atoms with Gasteiger partial charge in [-0.15, -0.1) is 0 Å². The molecule has 0 radical (unpaired) electrons. The maximum atomic E-state index is 5.77. The van der Waals surface area contributed by atoms with Crippen molar-refractivity contribution in [3.8, 4) is 0 Å². The van der Waals surface area contributed by atoms with Gasteiger partial charge in [-0.3, -0.25) is 0 Å². The van der Waals surface area contributed by atoms with Crippen molar-refractivity contribution >= 4 is 0 Å². The topological polar surface area (TPSA) is 21.3 Å². The van der Waals surface area contributed by atoms with E-state index in [1.54, 1.807) is 0 Å². The van der Waals surface area contributed by atoms with E-state index in [-0.39, 0.29) is 6.10 Å². The Labute approximate surface area is 86.0 Å². The molecule has 2 rings (SSSR count). The molecule has 2 aliphatic rings. The number of hydrogen-bond donors (Lipinski definition) is 1. The van der Waals surface area contributed by atoms with E-state index in [4.69, 9.17) is 4.74 Å². The molecular formula is C12H19NO. The van der Waals surface area contributed by atoms with Gasteiger partial charge in [-0.25, -0.2) is 0 Å². The zero-order valence-corrected chi connectivity index (χ0v) is 9.05. The molecule has 78 valence electrons. The van der Waals surface area contributed by atoms with Crippen LogP contribution in [-0.4, -0.2) is 25.3 Å². The molecule has 14 heavy (non-hydrogen) atoms. The molecule has 0 aromatic heterocycles. The van der Waals surface area contributed by atoms with Crippen LogP contribution in [0.5, 0.6) is 0 Å². The van der Waals surface area contributed by atoms with Gasteiger partial charge in [0.05, 0.1) is 12.7 Å². The molecule has 0 amide bonds. The van der Waals surface area contributed by atoms with Gasteiger partial charge in [-0.05, 0) is 26.7 Å². The monoisotopic (exact) mass is 193 g/mol. The molecular weight excluding hydrogens is 174 g/mol. The third kappa shape index (κ3) is 2.25. The lowest BCUT2D eigenvalue weighted by Crippen LogP contribution is -2.44. The average Bonchev–Trinajstić information content (AvgIpc) is 2.18. The Morgan fingerprint density at radius 2 is 2.21 bits per heavy atom. The van der Waals surface area contributed by atoms with E-state index < -0.39 is 0 Å². The Morgan fingerprint density at radius 1 is 1.36 bits per heavy atom. The van der Waals surface area contributed by atoms with E-state index in [1.807, 2.05) is 0 Å². The molecule has 0 fully saturated rings. The van der Waals surface area contributed by atoms with Gasteiger partial charge in [0.15, 0.2) is 0 Å². The quantitative estimate of drug-likeness (QED) is 0.643. The summed E-state index contributed by atoms with van der Waals surface area (Å²) in [5, 5.41) is 3.49. The summed E-state index contributed by atoms with van der Waals surface area (Å²) in [4.78, 5) is 0. The summed E-state index contributed by atoms with van der Waals surface area (Å²) in [6.07, 6.45) is 7.04. The van der Waals surface area contributed by atoms with E-state index in [9.17, 15) is 0 Å². The van der Waals surface area contributed by atoms with Crippen LogP contribution >= 0.6 is 0 Å². The second-order valence-corrected chi connectivity index (χ2v) is 4.37. The Bertz CT molecular complexity index is 267. The first-order valence-corrected chi connectivity index (χ1v) is 5.43. The highest BCUT2D eigenvalue weighted by Gasteiger charge is 2.24. The third-order valence-electron chi connectivity index (χ3n) is 3.02.